The normalized spacial score (nSPS) is 30.8. The molecule has 124 valence electrons. The standard InChI is InChI=1S/C15H27N3O.2ClH/c16-13-6-5-12(11-13)15(19)18-9-7-17(8-10-18)14-3-1-2-4-14;;/h12-14H,1-11,16H2;2*1H. The highest BCUT2D eigenvalue weighted by molar-refractivity contribution is 5.85. The number of hydrogen-bond donors (Lipinski definition) is 1. The van der Waals surface area contributed by atoms with E-state index in [0.29, 0.717) is 5.91 Å². The van der Waals surface area contributed by atoms with Crippen molar-refractivity contribution in [2.75, 3.05) is 26.2 Å². The summed E-state index contributed by atoms with van der Waals surface area (Å²) >= 11 is 0. The van der Waals surface area contributed by atoms with E-state index >= 15 is 0 Å². The lowest BCUT2D eigenvalue weighted by Crippen LogP contribution is -2.52. The van der Waals surface area contributed by atoms with Gasteiger partial charge in [0.05, 0.1) is 0 Å². The smallest absolute Gasteiger partial charge is 0.225 e. The molecule has 1 aliphatic heterocycles. The quantitative estimate of drug-likeness (QED) is 0.838. The molecular weight excluding hydrogens is 309 g/mol. The van der Waals surface area contributed by atoms with Crippen LogP contribution in [0.2, 0.25) is 0 Å². The Morgan fingerprint density at radius 2 is 1.52 bits per heavy atom. The maximum Gasteiger partial charge on any atom is 0.225 e. The Balaban J connectivity index is 0.00000110. The Labute approximate surface area is 140 Å². The SMILES string of the molecule is Cl.Cl.NC1CCC(C(=O)N2CCN(C3CCCC3)CC2)C1. The molecule has 0 radical (unpaired) electrons. The van der Waals surface area contributed by atoms with Crippen LogP contribution in [0.25, 0.3) is 0 Å². The van der Waals surface area contributed by atoms with Gasteiger partial charge in [0, 0.05) is 44.2 Å². The fourth-order valence-corrected chi connectivity index (χ4v) is 4.08. The molecule has 3 aliphatic rings. The third-order valence-electron chi connectivity index (χ3n) is 5.29. The number of hydrogen-bond acceptors (Lipinski definition) is 3. The maximum absolute atomic E-state index is 12.4. The van der Waals surface area contributed by atoms with E-state index in [1.807, 2.05) is 0 Å². The summed E-state index contributed by atoms with van der Waals surface area (Å²) in [5.74, 6) is 0.590. The average Bonchev–Trinajstić information content (AvgIpc) is 3.09. The first-order chi connectivity index (χ1) is 9.24. The number of carbonyl (C=O) groups is 1. The molecule has 1 amide bonds. The summed E-state index contributed by atoms with van der Waals surface area (Å²) in [6.45, 7) is 4.02. The first-order valence-electron chi connectivity index (χ1n) is 8.02. The summed E-state index contributed by atoms with van der Waals surface area (Å²) in [5, 5.41) is 0. The second-order valence-corrected chi connectivity index (χ2v) is 6.57. The van der Waals surface area contributed by atoms with Gasteiger partial charge in [-0.25, -0.2) is 0 Å². The zero-order chi connectivity index (χ0) is 13.2. The van der Waals surface area contributed by atoms with E-state index in [4.69, 9.17) is 5.73 Å². The molecule has 21 heavy (non-hydrogen) atoms. The number of carbonyl (C=O) groups excluding carboxylic acids is 1. The van der Waals surface area contributed by atoms with Crippen molar-refractivity contribution < 1.29 is 4.79 Å². The van der Waals surface area contributed by atoms with Crippen LogP contribution < -0.4 is 5.73 Å². The van der Waals surface area contributed by atoms with Gasteiger partial charge >= 0.3 is 0 Å². The number of nitrogens with zero attached hydrogens (tertiary/aromatic N) is 2. The second kappa shape index (κ2) is 8.56. The summed E-state index contributed by atoms with van der Waals surface area (Å²) in [4.78, 5) is 17.1. The largest absolute Gasteiger partial charge is 0.340 e. The molecule has 0 spiro atoms. The van der Waals surface area contributed by atoms with Gasteiger partial charge in [-0.15, -0.1) is 24.8 Å². The summed E-state index contributed by atoms with van der Waals surface area (Å²) in [5.41, 5.74) is 5.92. The van der Waals surface area contributed by atoms with Crippen molar-refractivity contribution in [3.63, 3.8) is 0 Å². The van der Waals surface area contributed by atoms with Gasteiger partial charge in [0.2, 0.25) is 5.91 Å². The summed E-state index contributed by atoms with van der Waals surface area (Å²) in [6.07, 6.45) is 8.45. The minimum atomic E-state index is 0. The van der Waals surface area contributed by atoms with Crippen molar-refractivity contribution in [3.8, 4) is 0 Å². The van der Waals surface area contributed by atoms with E-state index in [9.17, 15) is 4.79 Å². The number of rotatable bonds is 2. The molecule has 1 saturated heterocycles. The molecule has 1 heterocycles. The van der Waals surface area contributed by atoms with Crippen molar-refractivity contribution in [2.24, 2.45) is 11.7 Å². The monoisotopic (exact) mass is 337 g/mol. The van der Waals surface area contributed by atoms with Crippen LogP contribution in [0.15, 0.2) is 0 Å². The van der Waals surface area contributed by atoms with Crippen LogP contribution in [-0.4, -0.2) is 54.0 Å². The van der Waals surface area contributed by atoms with Crippen molar-refractivity contribution in [2.45, 2.75) is 57.0 Å². The molecule has 3 rings (SSSR count). The number of nitrogens with two attached hydrogens (primary N) is 1. The molecule has 4 nitrogen and oxygen atoms in total. The molecule has 3 fully saturated rings. The number of amides is 1. The molecule has 2 aliphatic carbocycles. The number of piperazine rings is 1. The van der Waals surface area contributed by atoms with Gasteiger partial charge in [0.25, 0.3) is 0 Å². The van der Waals surface area contributed by atoms with E-state index in [1.165, 1.54) is 25.7 Å². The van der Waals surface area contributed by atoms with E-state index < -0.39 is 0 Å². The third kappa shape index (κ3) is 4.47. The lowest BCUT2D eigenvalue weighted by atomic mass is 10.1. The van der Waals surface area contributed by atoms with Crippen LogP contribution >= 0.6 is 24.8 Å². The molecule has 0 aromatic rings. The predicted molar refractivity (Wildman–Crippen MR) is 90.2 cm³/mol. The number of halogens is 2. The van der Waals surface area contributed by atoms with E-state index in [1.54, 1.807) is 0 Å². The second-order valence-electron chi connectivity index (χ2n) is 6.57. The molecule has 2 unspecified atom stereocenters. The van der Waals surface area contributed by atoms with Gasteiger partial charge in [-0.3, -0.25) is 9.69 Å². The minimum absolute atomic E-state index is 0. The molecular formula is C15H29Cl2N3O. The van der Waals surface area contributed by atoms with Gasteiger partial charge in [0.1, 0.15) is 0 Å². The molecule has 2 atom stereocenters. The van der Waals surface area contributed by atoms with E-state index in [0.717, 1.165) is 51.5 Å². The Kier molecular flexibility index (Phi) is 7.75. The molecule has 2 saturated carbocycles. The summed E-state index contributed by atoms with van der Waals surface area (Å²) in [7, 11) is 0. The average molecular weight is 338 g/mol. The zero-order valence-electron chi connectivity index (χ0n) is 12.7. The highest BCUT2D eigenvalue weighted by atomic mass is 35.5. The van der Waals surface area contributed by atoms with Crippen molar-refractivity contribution in [3.05, 3.63) is 0 Å². The van der Waals surface area contributed by atoms with Crippen LogP contribution in [-0.2, 0) is 4.79 Å². The molecule has 2 N–H and O–H groups in total. The maximum atomic E-state index is 12.4. The van der Waals surface area contributed by atoms with Crippen LogP contribution in [0.5, 0.6) is 0 Å². The molecule has 6 heteroatoms. The van der Waals surface area contributed by atoms with Crippen LogP contribution in [0.1, 0.15) is 44.9 Å². The Morgan fingerprint density at radius 3 is 2.05 bits per heavy atom. The topological polar surface area (TPSA) is 49.6 Å². The van der Waals surface area contributed by atoms with Gasteiger partial charge in [-0.2, -0.15) is 0 Å². The van der Waals surface area contributed by atoms with Crippen molar-refractivity contribution in [1.29, 1.82) is 0 Å². The van der Waals surface area contributed by atoms with Gasteiger partial charge in [-0.1, -0.05) is 12.8 Å². The summed E-state index contributed by atoms with van der Waals surface area (Å²) in [6, 6.07) is 1.06. The lowest BCUT2D eigenvalue weighted by molar-refractivity contribution is -0.137. The van der Waals surface area contributed by atoms with Crippen LogP contribution in [0.3, 0.4) is 0 Å². The zero-order valence-corrected chi connectivity index (χ0v) is 14.3. The fraction of sp³-hybridized carbons (Fsp3) is 0.933. The highest BCUT2D eigenvalue weighted by Gasteiger charge is 2.33. The highest BCUT2D eigenvalue weighted by Crippen LogP contribution is 2.28. The minimum Gasteiger partial charge on any atom is -0.340 e. The predicted octanol–water partition coefficient (Wildman–Crippen LogP) is 2.04. The van der Waals surface area contributed by atoms with Crippen LogP contribution in [0, 0.1) is 5.92 Å². The first kappa shape index (κ1) is 19.0. The molecule has 0 aromatic carbocycles. The van der Waals surface area contributed by atoms with Gasteiger partial charge < -0.3 is 10.6 Å². The van der Waals surface area contributed by atoms with Crippen LogP contribution in [0.4, 0.5) is 0 Å². The van der Waals surface area contributed by atoms with E-state index in [2.05, 4.69) is 9.80 Å². The molecule has 0 aromatic heterocycles. The third-order valence-corrected chi connectivity index (χ3v) is 5.29. The van der Waals surface area contributed by atoms with Crippen molar-refractivity contribution in [1.82, 2.24) is 9.80 Å². The summed E-state index contributed by atoms with van der Waals surface area (Å²) < 4.78 is 0. The van der Waals surface area contributed by atoms with Gasteiger partial charge in [-0.05, 0) is 32.1 Å². The Hall–Kier alpha value is -0.0300. The lowest BCUT2D eigenvalue weighted by Gasteiger charge is -2.39. The Bertz CT molecular complexity index is 329. The molecule has 0 bridgehead atoms. The fourth-order valence-electron chi connectivity index (χ4n) is 4.08. The first-order valence-corrected chi connectivity index (χ1v) is 8.02. The van der Waals surface area contributed by atoms with Crippen molar-refractivity contribution >= 4 is 30.7 Å². The van der Waals surface area contributed by atoms with E-state index in [-0.39, 0.29) is 36.8 Å². The van der Waals surface area contributed by atoms with Gasteiger partial charge in [0.15, 0.2) is 0 Å². The Morgan fingerprint density at radius 1 is 0.905 bits per heavy atom.